The minimum Gasteiger partial charge on any atom is -0.494 e. The molecule has 5 nitrogen and oxygen atoms in total. The third kappa shape index (κ3) is 6.69. The van der Waals surface area contributed by atoms with Gasteiger partial charge in [-0.3, -0.25) is 9.69 Å². The Labute approximate surface area is 184 Å². The molecular weight excluding hydrogens is 395 g/mol. The maximum Gasteiger partial charge on any atom is 0.260 e. The molecule has 1 fully saturated rings. The van der Waals surface area contributed by atoms with E-state index in [1.54, 1.807) is 0 Å². The fourth-order valence-electron chi connectivity index (χ4n) is 3.78. The van der Waals surface area contributed by atoms with Gasteiger partial charge in [-0.15, -0.1) is 0 Å². The molecule has 2 atom stereocenters. The quantitative estimate of drug-likeness (QED) is 0.552. The summed E-state index contributed by atoms with van der Waals surface area (Å²) in [5.74, 6) is 1.24. The summed E-state index contributed by atoms with van der Waals surface area (Å²) in [7, 11) is 0. The maximum absolute atomic E-state index is 13.1. The molecule has 1 saturated heterocycles. The van der Waals surface area contributed by atoms with Gasteiger partial charge in [0, 0.05) is 31.7 Å². The highest BCUT2D eigenvalue weighted by atomic mass is 19.1. The van der Waals surface area contributed by atoms with E-state index >= 15 is 0 Å². The van der Waals surface area contributed by atoms with E-state index in [9.17, 15) is 9.18 Å². The van der Waals surface area contributed by atoms with E-state index in [4.69, 9.17) is 9.47 Å². The third-order valence-electron chi connectivity index (χ3n) is 5.69. The number of halogens is 1. The van der Waals surface area contributed by atoms with Gasteiger partial charge >= 0.3 is 0 Å². The first-order valence-corrected chi connectivity index (χ1v) is 11.1. The van der Waals surface area contributed by atoms with Crippen LogP contribution in [0.4, 0.5) is 4.39 Å². The van der Waals surface area contributed by atoms with Gasteiger partial charge in [-0.2, -0.15) is 0 Å². The fourth-order valence-corrected chi connectivity index (χ4v) is 3.78. The van der Waals surface area contributed by atoms with Crippen molar-refractivity contribution in [2.45, 2.75) is 52.2 Å². The van der Waals surface area contributed by atoms with E-state index < -0.39 is 0 Å². The summed E-state index contributed by atoms with van der Waals surface area (Å²) in [5, 5.41) is 0. The normalized spacial score (nSPS) is 19.3. The predicted molar refractivity (Wildman–Crippen MR) is 120 cm³/mol. The van der Waals surface area contributed by atoms with Crippen LogP contribution in [0.2, 0.25) is 0 Å². The first kappa shape index (κ1) is 23.1. The Morgan fingerprint density at radius 2 is 1.61 bits per heavy atom. The zero-order chi connectivity index (χ0) is 22.2. The van der Waals surface area contributed by atoms with Crippen LogP contribution in [0, 0.1) is 5.82 Å². The molecule has 0 spiro atoms. The van der Waals surface area contributed by atoms with Gasteiger partial charge < -0.3 is 14.4 Å². The number of nitrogens with zero attached hydrogens (tertiary/aromatic N) is 2. The molecule has 1 aliphatic rings. The SMILES string of the molecule is CCCCOc1ccc(OCC(=O)N2C[C@@H](C)N(Cc3ccc(F)cc3)C[C@@H]2C)cc1. The van der Waals surface area contributed by atoms with Gasteiger partial charge in [-0.25, -0.2) is 4.39 Å². The standard InChI is InChI=1S/C25H33FN2O3/c1-4-5-14-30-23-10-12-24(13-11-23)31-18-25(29)28-16-19(2)27(15-20(28)3)17-21-6-8-22(26)9-7-21/h6-13,19-20H,4-5,14-18H2,1-3H3/t19-,20+/m1/s1. The summed E-state index contributed by atoms with van der Waals surface area (Å²) in [4.78, 5) is 17.0. The second kappa shape index (κ2) is 11.1. The Morgan fingerprint density at radius 3 is 2.26 bits per heavy atom. The maximum atomic E-state index is 13.1. The summed E-state index contributed by atoms with van der Waals surface area (Å²) in [6, 6.07) is 14.3. The van der Waals surface area contributed by atoms with Crippen LogP contribution in [0.1, 0.15) is 39.2 Å². The third-order valence-corrected chi connectivity index (χ3v) is 5.69. The molecule has 2 aromatic carbocycles. The molecule has 0 N–H and O–H groups in total. The predicted octanol–water partition coefficient (Wildman–Crippen LogP) is 4.50. The van der Waals surface area contributed by atoms with E-state index in [-0.39, 0.29) is 30.4 Å². The number of hydrogen-bond acceptors (Lipinski definition) is 4. The molecule has 0 saturated carbocycles. The van der Waals surface area contributed by atoms with Crippen molar-refractivity contribution in [1.82, 2.24) is 9.80 Å². The number of carbonyl (C=O) groups excluding carboxylic acids is 1. The van der Waals surface area contributed by atoms with Gasteiger partial charge in [0.25, 0.3) is 5.91 Å². The molecule has 0 radical (unpaired) electrons. The molecule has 6 heteroatoms. The van der Waals surface area contributed by atoms with E-state index in [1.807, 2.05) is 41.3 Å². The zero-order valence-electron chi connectivity index (χ0n) is 18.7. The summed E-state index contributed by atoms with van der Waals surface area (Å²) in [6.45, 7) is 9.20. The molecule has 2 aromatic rings. The van der Waals surface area contributed by atoms with Crippen LogP contribution in [0.3, 0.4) is 0 Å². The summed E-state index contributed by atoms with van der Waals surface area (Å²) < 4.78 is 24.5. The molecule has 1 heterocycles. The molecule has 3 rings (SSSR count). The topological polar surface area (TPSA) is 42.0 Å². The lowest BCUT2D eigenvalue weighted by Gasteiger charge is -2.44. The molecular formula is C25H33FN2O3. The van der Waals surface area contributed by atoms with Crippen LogP contribution in [-0.2, 0) is 11.3 Å². The molecule has 0 aromatic heterocycles. The lowest BCUT2D eigenvalue weighted by molar-refractivity contribution is -0.139. The zero-order valence-corrected chi connectivity index (χ0v) is 18.7. The Hall–Kier alpha value is -2.60. The van der Waals surface area contributed by atoms with Gasteiger partial charge in [0.1, 0.15) is 17.3 Å². The average molecular weight is 429 g/mol. The van der Waals surface area contributed by atoms with Crippen molar-refractivity contribution in [1.29, 1.82) is 0 Å². The number of amides is 1. The number of rotatable bonds is 9. The summed E-state index contributed by atoms with van der Waals surface area (Å²) >= 11 is 0. The van der Waals surface area contributed by atoms with Crippen molar-refractivity contribution < 1.29 is 18.7 Å². The molecule has 168 valence electrons. The van der Waals surface area contributed by atoms with Gasteiger partial charge in [0.2, 0.25) is 0 Å². The van der Waals surface area contributed by atoms with Gasteiger partial charge in [-0.05, 0) is 62.2 Å². The Bertz CT molecular complexity index is 826. The van der Waals surface area contributed by atoms with Crippen LogP contribution in [0.15, 0.2) is 48.5 Å². The van der Waals surface area contributed by atoms with Gasteiger partial charge in [0.05, 0.1) is 6.61 Å². The van der Waals surface area contributed by atoms with Gasteiger partial charge in [0.15, 0.2) is 6.61 Å². The molecule has 0 bridgehead atoms. The lowest BCUT2D eigenvalue weighted by Crippen LogP contribution is -2.58. The van der Waals surface area contributed by atoms with Crippen molar-refractivity contribution in [2.24, 2.45) is 0 Å². The van der Waals surface area contributed by atoms with Crippen molar-refractivity contribution in [3.63, 3.8) is 0 Å². The second-order valence-corrected chi connectivity index (χ2v) is 8.26. The number of piperazine rings is 1. The number of hydrogen-bond donors (Lipinski definition) is 0. The molecule has 0 unspecified atom stereocenters. The first-order chi connectivity index (χ1) is 15.0. The van der Waals surface area contributed by atoms with Crippen LogP contribution in [0.25, 0.3) is 0 Å². The Morgan fingerprint density at radius 1 is 0.968 bits per heavy atom. The second-order valence-electron chi connectivity index (χ2n) is 8.26. The summed E-state index contributed by atoms with van der Waals surface area (Å²) in [6.07, 6.45) is 2.13. The largest absolute Gasteiger partial charge is 0.494 e. The number of unbranched alkanes of at least 4 members (excludes halogenated alkanes) is 1. The molecule has 1 amide bonds. The number of ether oxygens (including phenoxy) is 2. The van der Waals surface area contributed by atoms with Crippen molar-refractivity contribution in [3.05, 3.63) is 59.9 Å². The molecule has 1 aliphatic heterocycles. The minimum absolute atomic E-state index is 0.0101. The smallest absolute Gasteiger partial charge is 0.260 e. The van der Waals surface area contributed by atoms with Crippen LogP contribution >= 0.6 is 0 Å². The average Bonchev–Trinajstić information content (AvgIpc) is 2.77. The van der Waals surface area contributed by atoms with E-state index in [1.165, 1.54) is 12.1 Å². The van der Waals surface area contributed by atoms with E-state index in [2.05, 4.69) is 25.7 Å². The minimum atomic E-state index is -0.223. The van der Waals surface area contributed by atoms with Gasteiger partial charge in [-0.1, -0.05) is 25.5 Å². The summed E-state index contributed by atoms with van der Waals surface area (Å²) in [5.41, 5.74) is 1.07. The van der Waals surface area contributed by atoms with Crippen LogP contribution in [-0.4, -0.2) is 54.1 Å². The van der Waals surface area contributed by atoms with Crippen LogP contribution in [0.5, 0.6) is 11.5 Å². The molecule has 0 aliphatic carbocycles. The van der Waals surface area contributed by atoms with E-state index in [0.717, 1.165) is 37.2 Å². The number of carbonyl (C=O) groups is 1. The highest BCUT2D eigenvalue weighted by Gasteiger charge is 2.32. The highest BCUT2D eigenvalue weighted by Crippen LogP contribution is 2.20. The van der Waals surface area contributed by atoms with Crippen LogP contribution < -0.4 is 9.47 Å². The van der Waals surface area contributed by atoms with Crippen molar-refractivity contribution in [2.75, 3.05) is 26.3 Å². The van der Waals surface area contributed by atoms with Crippen molar-refractivity contribution >= 4 is 5.91 Å². The Kier molecular flexibility index (Phi) is 8.29. The highest BCUT2D eigenvalue weighted by molar-refractivity contribution is 5.78. The van der Waals surface area contributed by atoms with Crippen molar-refractivity contribution in [3.8, 4) is 11.5 Å². The lowest BCUT2D eigenvalue weighted by atomic mass is 10.1. The van der Waals surface area contributed by atoms with E-state index in [0.29, 0.717) is 18.9 Å². The molecule has 31 heavy (non-hydrogen) atoms. The fraction of sp³-hybridized carbons (Fsp3) is 0.480. The Balaban J connectivity index is 1.48. The monoisotopic (exact) mass is 428 g/mol. The first-order valence-electron chi connectivity index (χ1n) is 11.1. The number of benzene rings is 2.